The van der Waals surface area contributed by atoms with Gasteiger partial charge in [0.1, 0.15) is 5.82 Å². The van der Waals surface area contributed by atoms with Gasteiger partial charge in [0.25, 0.3) is 5.91 Å². The lowest BCUT2D eigenvalue weighted by atomic mass is 10.1. The highest BCUT2D eigenvalue weighted by atomic mass is 79.9. The molecule has 1 amide bonds. The van der Waals surface area contributed by atoms with Crippen LogP contribution in [-0.2, 0) is 0 Å². The van der Waals surface area contributed by atoms with Gasteiger partial charge in [-0.05, 0) is 36.8 Å². The van der Waals surface area contributed by atoms with Crippen molar-refractivity contribution >= 4 is 33.3 Å². The van der Waals surface area contributed by atoms with Gasteiger partial charge in [-0.1, -0.05) is 22.0 Å². The number of halogens is 1. The molecule has 5 heteroatoms. The molecule has 98 valence electrons. The van der Waals surface area contributed by atoms with Gasteiger partial charge < -0.3 is 5.73 Å². The summed E-state index contributed by atoms with van der Waals surface area (Å²) in [6.07, 6.45) is 1.53. The number of nitrogens with two attached hydrogens (primary N) is 1. The van der Waals surface area contributed by atoms with Crippen LogP contribution in [0.15, 0.2) is 41.0 Å². The fourth-order valence-corrected chi connectivity index (χ4v) is 2.07. The van der Waals surface area contributed by atoms with Crippen molar-refractivity contribution in [3.05, 3.63) is 52.1 Å². The third kappa shape index (κ3) is 2.93. The molecule has 1 aromatic carbocycles. The van der Waals surface area contributed by atoms with Gasteiger partial charge in [0, 0.05) is 17.1 Å². The number of aromatic nitrogens is 1. The number of nitrogens with zero attached hydrogens (tertiary/aromatic N) is 2. The van der Waals surface area contributed by atoms with E-state index in [9.17, 15) is 4.79 Å². The molecule has 2 N–H and O–H groups in total. The number of aryl methyl sites for hydroxylation is 1. The molecule has 0 atom stereocenters. The second kappa shape index (κ2) is 5.40. The summed E-state index contributed by atoms with van der Waals surface area (Å²) in [5, 5.41) is 0. The lowest BCUT2D eigenvalue weighted by Gasteiger charge is -2.17. The van der Waals surface area contributed by atoms with Crippen LogP contribution in [0.1, 0.15) is 15.9 Å². The number of benzene rings is 1. The molecule has 0 aliphatic rings. The summed E-state index contributed by atoms with van der Waals surface area (Å²) in [6, 6.07) is 9.07. The maximum absolute atomic E-state index is 12.4. The van der Waals surface area contributed by atoms with Crippen LogP contribution in [0.5, 0.6) is 0 Å². The fraction of sp³-hybridized carbons (Fsp3) is 0.143. The van der Waals surface area contributed by atoms with Gasteiger partial charge in [-0.2, -0.15) is 0 Å². The number of carbonyl (C=O) groups is 1. The highest BCUT2D eigenvalue weighted by Gasteiger charge is 2.16. The molecule has 0 saturated carbocycles. The molecule has 0 unspecified atom stereocenters. The molecule has 2 aromatic rings. The summed E-state index contributed by atoms with van der Waals surface area (Å²) >= 11 is 3.38. The van der Waals surface area contributed by atoms with Crippen LogP contribution in [0.25, 0.3) is 0 Å². The molecule has 0 aliphatic carbocycles. The highest BCUT2D eigenvalue weighted by molar-refractivity contribution is 9.10. The molecule has 4 nitrogen and oxygen atoms in total. The smallest absolute Gasteiger partial charge is 0.259 e. The highest BCUT2D eigenvalue weighted by Crippen LogP contribution is 2.20. The van der Waals surface area contributed by atoms with Crippen molar-refractivity contribution in [3.8, 4) is 0 Å². The van der Waals surface area contributed by atoms with Crippen molar-refractivity contribution in [2.45, 2.75) is 6.92 Å². The second-order valence-corrected chi connectivity index (χ2v) is 5.19. The Morgan fingerprint density at radius 2 is 2.05 bits per heavy atom. The van der Waals surface area contributed by atoms with Crippen molar-refractivity contribution in [3.63, 3.8) is 0 Å². The van der Waals surface area contributed by atoms with Crippen LogP contribution in [0.3, 0.4) is 0 Å². The summed E-state index contributed by atoms with van der Waals surface area (Å²) in [6.45, 7) is 1.91. The first kappa shape index (κ1) is 13.5. The minimum Gasteiger partial charge on any atom is -0.397 e. The average Bonchev–Trinajstić information content (AvgIpc) is 2.41. The van der Waals surface area contributed by atoms with E-state index in [0.29, 0.717) is 17.1 Å². The topological polar surface area (TPSA) is 59.2 Å². The van der Waals surface area contributed by atoms with Crippen molar-refractivity contribution in [1.82, 2.24) is 4.98 Å². The van der Waals surface area contributed by atoms with E-state index in [1.807, 2.05) is 25.1 Å². The van der Waals surface area contributed by atoms with E-state index in [0.717, 1.165) is 10.0 Å². The molecule has 1 heterocycles. The molecule has 0 saturated heterocycles. The second-order valence-electron chi connectivity index (χ2n) is 4.27. The maximum atomic E-state index is 12.4. The quantitative estimate of drug-likeness (QED) is 0.925. The van der Waals surface area contributed by atoms with Crippen molar-refractivity contribution < 1.29 is 4.79 Å². The monoisotopic (exact) mass is 319 g/mol. The molecule has 2 rings (SSSR count). The van der Waals surface area contributed by atoms with E-state index in [4.69, 9.17) is 5.73 Å². The molecule has 0 fully saturated rings. The third-order valence-electron chi connectivity index (χ3n) is 2.85. The van der Waals surface area contributed by atoms with Gasteiger partial charge in [0.2, 0.25) is 0 Å². The summed E-state index contributed by atoms with van der Waals surface area (Å²) in [7, 11) is 1.70. The maximum Gasteiger partial charge on any atom is 0.259 e. The van der Waals surface area contributed by atoms with Crippen LogP contribution in [0.2, 0.25) is 0 Å². The molecule has 0 bridgehead atoms. The molecule has 19 heavy (non-hydrogen) atoms. The SMILES string of the molecule is Cc1ccc(Br)cc1C(=O)N(C)c1ccc(N)cn1. The first-order valence-electron chi connectivity index (χ1n) is 5.75. The minimum absolute atomic E-state index is 0.101. The number of nitrogen functional groups attached to an aromatic ring is 1. The zero-order chi connectivity index (χ0) is 14.0. The van der Waals surface area contributed by atoms with Crippen molar-refractivity contribution in [2.75, 3.05) is 17.7 Å². The number of hydrogen-bond donors (Lipinski definition) is 1. The van der Waals surface area contributed by atoms with Gasteiger partial charge in [-0.25, -0.2) is 4.98 Å². The van der Waals surface area contributed by atoms with Crippen molar-refractivity contribution in [1.29, 1.82) is 0 Å². The molecule has 0 aliphatic heterocycles. The van der Waals surface area contributed by atoms with Gasteiger partial charge in [0.15, 0.2) is 0 Å². The fourth-order valence-electron chi connectivity index (χ4n) is 1.71. The molecule has 0 spiro atoms. The molecule has 1 aromatic heterocycles. The zero-order valence-corrected chi connectivity index (χ0v) is 12.3. The number of rotatable bonds is 2. The predicted molar refractivity (Wildman–Crippen MR) is 80.3 cm³/mol. The summed E-state index contributed by atoms with van der Waals surface area (Å²) in [5.41, 5.74) is 7.73. The predicted octanol–water partition coefficient (Wildman–Crippen LogP) is 3.01. The van der Waals surface area contributed by atoms with Gasteiger partial charge in [-0.3, -0.25) is 9.69 Å². The Kier molecular flexibility index (Phi) is 3.85. The van der Waals surface area contributed by atoms with E-state index < -0.39 is 0 Å². The number of hydrogen-bond acceptors (Lipinski definition) is 3. The third-order valence-corrected chi connectivity index (χ3v) is 3.34. The lowest BCUT2D eigenvalue weighted by Crippen LogP contribution is -2.27. The normalized spacial score (nSPS) is 10.3. The van der Waals surface area contributed by atoms with Gasteiger partial charge >= 0.3 is 0 Å². The molecular weight excluding hydrogens is 306 g/mol. The number of pyridine rings is 1. The summed E-state index contributed by atoms with van der Waals surface area (Å²) < 4.78 is 0.875. The first-order valence-corrected chi connectivity index (χ1v) is 6.54. The van der Waals surface area contributed by atoms with E-state index in [1.165, 1.54) is 11.1 Å². The van der Waals surface area contributed by atoms with Crippen LogP contribution in [-0.4, -0.2) is 17.9 Å². The zero-order valence-electron chi connectivity index (χ0n) is 10.7. The van der Waals surface area contributed by atoms with Crippen LogP contribution in [0, 0.1) is 6.92 Å². The number of anilines is 2. The Hall–Kier alpha value is -1.88. The Morgan fingerprint density at radius 1 is 1.32 bits per heavy atom. The Labute approximate surface area is 120 Å². The number of amides is 1. The molecular formula is C14H14BrN3O. The summed E-state index contributed by atoms with van der Waals surface area (Å²) in [5.74, 6) is 0.467. The van der Waals surface area contributed by atoms with Crippen molar-refractivity contribution in [2.24, 2.45) is 0 Å². The number of carbonyl (C=O) groups excluding carboxylic acids is 1. The standard InChI is InChI=1S/C14H14BrN3O/c1-9-3-4-10(15)7-12(9)14(19)18(2)13-6-5-11(16)8-17-13/h3-8H,16H2,1-2H3. The first-order chi connectivity index (χ1) is 8.99. The molecule has 0 radical (unpaired) electrons. The Morgan fingerprint density at radius 3 is 2.68 bits per heavy atom. The van der Waals surface area contributed by atoms with E-state index in [2.05, 4.69) is 20.9 Å². The van der Waals surface area contributed by atoms with Crippen LogP contribution < -0.4 is 10.6 Å². The van der Waals surface area contributed by atoms with Gasteiger partial charge in [-0.15, -0.1) is 0 Å². The van der Waals surface area contributed by atoms with E-state index in [-0.39, 0.29) is 5.91 Å². The Balaban J connectivity index is 2.33. The van der Waals surface area contributed by atoms with E-state index in [1.54, 1.807) is 19.2 Å². The lowest BCUT2D eigenvalue weighted by molar-refractivity contribution is 0.0991. The van der Waals surface area contributed by atoms with E-state index >= 15 is 0 Å². The summed E-state index contributed by atoms with van der Waals surface area (Å²) in [4.78, 5) is 18.1. The van der Waals surface area contributed by atoms with Gasteiger partial charge in [0.05, 0.1) is 11.9 Å². The average molecular weight is 320 g/mol. The minimum atomic E-state index is -0.101. The largest absolute Gasteiger partial charge is 0.397 e. The van der Waals surface area contributed by atoms with Crippen LogP contribution >= 0.6 is 15.9 Å². The van der Waals surface area contributed by atoms with Crippen LogP contribution in [0.4, 0.5) is 11.5 Å². The Bertz CT molecular complexity index is 611.